The topological polar surface area (TPSA) is 89.0 Å². The third-order valence-electron chi connectivity index (χ3n) is 6.06. The van der Waals surface area contributed by atoms with Crippen molar-refractivity contribution in [1.29, 1.82) is 0 Å². The molecule has 2 aromatic heterocycles. The van der Waals surface area contributed by atoms with E-state index in [1.165, 1.54) is 0 Å². The normalized spacial score (nSPS) is 19.2. The van der Waals surface area contributed by atoms with Crippen molar-refractivity contribution in [1.82, 2.24) is 24.2 Å². The summed E-state index contributed by atoms with van der Waals surface area (Å²) in [6.07, 6.45) is 4.03. The molecule has 0 atom stereocenters. The van der Waals surface area contributed by atoms with E-state index in [0.717, 1.165) is 42.7 Å². The Balaban J connectivity index is 1.28. The van der Waals surface area contributed by atoms with Crippen LogP contribution in [0, 0.1) is 0 Å². The van der Waals surface area contributed by atoms with E-state index < -0.39 is 0 Å². The van der Waals surface area contributed by atoms with Crippen LogP contribution in [0.2, 0.25) is 0 Å². The molecule has 0 spiro atoms. The van der Waals surface area contributed by atoms with E-state index >= 15 is 0 Å². The molecule has 5 rings (SSSR count). The largest absolute Gasteiger partial charge is 0.381 e. The standard InChI is InChI=1S/C21H26N6O2/c22-20-21-24-16-3-1-2-4-18(16)27(21)13-17(23-20)15-5-7-25(8-6-15)14-19(28)26-9-11-29-12-10-26/h1-4,13,15H,5-12,14H2,(H2,22,23). The number of likely N-dealkylation sites (tertiary alicyclic amines) is 1. The number of ether oxygens (including phenoxy) is 1. The summed E-state index contributed by atoms with van der Waals surface area (Å²) in [5, 5.41) is 0. The SMILES string of the molecule is Nc1nc(C2CCN(CC(=O)N3CCOCC3)CC2)cn2c1nc1ccccc12. The van der Waals surface area contributed by atoms with Gasteiger partial charge in [0, 0.05) is 25.2 Å². The van der Waals surface area contributed by atoms with Gasteiger partial charge >= 0.3 is 0 Å². The Morgan fingerprint density at radius 1 is 1.10 bits per heavy atom. The summed E-state index contributed by atoms with van der Waals surface area (Å²) < 4.78 is 7.39. The Morgan fingerprint density at radius 2 is 1.86 bits per heavy atom. The number of nitrogens with zero attached hydrogens (tertiary/aromatic N) is 5. The van der Waals surface area contributed by atoms with Crippen LogP contribution in [0.25, 0.3) is 16.7 Å². The van der Waals surface area contributed by atoms with Gasteiger partial charge in [0.25, 0.3) is 0 Å². The van der Waals surface area contributed by atoms with Gasteiger partial charge in [-0.05, 0) is 38.1 Å². The first-order valence-electron chi connectivity index (χ1n) is 10.3. The van der Waals surface area contributed by atoms with Gasteiger partial charge in [0.2, 0.25) is 5.91 Å². The summed E-state index contributed by atoms with van der Waals surface area (Å²) >= 11 is 0. The van der Waals surface area contributed by atoms with Gasteiger partial charge in [0.15, 0.2) is 11.5 Å². The molecule has 0 saturated carbocycles. The molecule has 0 radical (unpaired) electrons. The van der Waals surface area contributed by atoms with Crippen LogP contribution in [0.15, 0.2) is 30.5 Å². The number of morpholine rings is 1. The summed E-state index contributed by atoms with van der Waals surface area (Å²) in [5.41, 5.74) is 9.93. The number of rotatable bonds is 3. The van der Waals surface area contributed by atoms with E-state index in [1.54, 1.807) is 0 Å². The van der Waals surface area contributed by atoms with Crippen LogP contribution in [-0.2, 0) is 9.53 Å². The Bertz CT molecular complexity index is 1030. The van der Waals surface area contributed by atoms with Gasteiger partial charge in [-0.2, -0.15) is 0 Å². The monoisotopic (exact) mass is 394 g/mol. The first kappa shape index (κ1) is 18.3. The molecule has 152 valence electrons. The fraction of sp³-hybridized carbons (Fsp3) is 0.476. The van der Waals surface area contributed by atoms with Gasteiger partial charge in [-0.1, -0.05) is 12.1 Å². The van der Waals surface area contributed by atoms with E-state index in [9.17, 15) is 4.79 Å². The van der Waals surface area contributed by atoms with E-state index in [0.29, 0.717) is 50.2 Å². The number of hydrogen-bond acceptors (Lipinski definition) is 6. The number of amides is 1. The van der Waals surface area contributed by atoms with Crippen molar-refractivity contribution in [2.45, 2.75) is 18.8 Å². The quantitative estimate of drug-likeness (QED) is 0.724. The molecule has 3 aromatic rings. The highest BCUT2D eigenvalue weighted by Crippen LogP contribution is 2.29. The lowest BCUT2D eigenvalue weighted by Crippen LogP contribution is -2.47. The van der Waals surface area contributed by atoms with Gasteiger partial charge in [-0.15, -0.1) is 0 Å². The van der Waals surface area contributed by atoms with E-state index in [2.05, 4.69) is 31.5 Å². The molecule has 0 bridgehead atoms. The maximum atomic E-state index is 12.5. The lowest BCUT2D eigenvalue weighted by Gasteiger charge is -2.34. The van der Waals surface area contributed by atoms with Gasteiger partial charge in [-0.25, -0.2) is 9.97 Å². The molecule has 0 aliphatic carbocycles. The molecular formula is C21H26N6O2. The number of aromatic nitrogens is 3. The second kappa shape index (κ2) is 7.61. The molecular weight excluding hydrogens is 368 g/mol. The molecule has 8 nitrogen and oxygen atoms in total. The smallest absolute Gasteiger partial charge is 0.236 e. The third kappa shape index (κ3) is 3.54. The average Bonchev–Trinajstić information content (AvgIpc) is 3.14. The molecule has 0 unspecified atom stereocenters. The zero-order valence-corrected chi connectivity index (χ0v) is 16.5. The molecule has 2 saturated heterocycles. The fourth-order valence-corrected chi connectivity index (χ4v) is 4.39. The van der Waals surface area contributed by atoms with Gasteiger partial charge in [0.1, 0.15) is 0 Å². The maximum Gasteiger partial charge on any atom is 0.236 e. The number of nitrogens with two attached hydrogens (primary N) is 1. The molecule has 8 heteroatoms. The molecule has 4 heterocycles. The summed E-state index contributed by atoms with van der Waals surface area (Å²) in [5.74, 6) is 1.03. The number of carbonyl (C=O) groups is 1. The summed E-state index contributed by atoms with van der Waals surface area (Å²) in [6.45, 7) is 4.98. The number of hydrogen-bond donors (Lipinski definition) is 1. The van der Waals surface area contributed by atoms with Crippen LogP contribution in [0.1, 0.15) is 24.5 Å². The van der Waals surface area contributed by atoms with E-state index in [-0.39, 0.29) is 5.91 Å². The third-order valence-corrected chi connectivity index (χ3v) is 6.06. The molecule has 2 fully saturated rings. The minimum atomic E-state index is 0.209. The lowest BCUT2D eigenvalue weighted by atomic mass is 9.93. The van der Waals surface area contributed by atoms with E-state index in [4.69, 9.17) is 10.5 Å². The molecule has 2 N–H and O–H groups in total. The van der Waals surface area contributed by atoms with Crippen LogP contribution < -0.4 is 5.73 Å². The fourth-order valence-electron chi connectivity index (χ4n) is 4.39. The van der Waals surface area contributed by atoms with Crippen molar-refractivity contribution < 1.29 is 9.53 Å². The van der Waals surface area contributed by atoms with Crippen LogP contribution in [-0.4, -0.2) is 76.0 Å². The number of anilines is 1. The number of imidazole rings is 1. The summed E-state index contributed by atoms with van der Waals surface area (Å²) in [6, 6.07) is 8.04. The summed E-state index contributed by atoms with van der Waals surface area (Å²) in [4.78, 5) is 25.9. The highest BCUT2D eigenvalue weighted by molar-refractivity contribution is 5.83. The van der Waals surface area contributed by atoms with Gasteiger partial charge < -0.3 is 15.4 Å². The molecule has 2 aliphatic heterocycles. The first-order chi connectivity index (χ1) is 14.2. The molecule has 1 amide bonds. The lowest BCUT2D eigenvalue weighted by molar-refractivity contribution is -0.136. The number of carbonyl (C=O) groups excluding carboxylic acids is 1. The zero-order chi connectivity index (χ0) is 19.8. The van der Waals surface area contributed by atoms with Crippen LogP contribution in [0.3, 0.4) is 0 Å². The van der Waals surface area contributed by atoms with E-state index in [1.807, 2.05) is 23.1 Å². The van der Waals surface area contributed by atoms with Gasteiger partial charge in [0.05, 0.1) is 36.5 Å². The minimum absolute atomic E-state index is 0.209. The Morgan fingerprint density at radius 3 is 2.66 bits per heavy atom. The zero-order valence-electron chi connectivity index (χ0n) is 16.5. The van der Waals surface area contributed by atoms with Crippen LogP contribution in [0.4, 0.5) is 5.82 Å². The maximum absolute atomic E-state index is 12.5. The predicted octanol–water partition coefficient (Wildman–Crippen LogP) is 1.50. The predicted molar refractivity (Wildman–Crippen MR) is 111 cm³/mol. The van der Waals surface area contributed by atoms with Crippen molar-refractivity contribution >= 4 is 28.4 Å². The minimum Gasteiger partial charge on any atom is -0.381 e. The number of fused-ring (bicyclic) bond motifs is 3. The second-order valence-electron chi connectivity index (χ2n) is 7.89. The second-order valence-corrected chi connectivity index (χ2v) is 7.89. The van der Waals surface area contributed by atoms with Crippen LogP contribution >= 0.6 is 0 Å². The summed E-state index contributed by atoms with van der Waals surface area (Å²) in [7, 11) is 0. The Hall–Kier alpha value is -2.71. The molecule has 1 aromatic carbocycles. The Labute approximate surface area is 169 Å². The van der Waals surface area contributed by atoms with Crippen molar-refractivity contribution in [3.8, 4) is 0 Å². The van der Waals surface area contributed by atoms with Crippen molar-refractivity contribution in [3.63, 3.8) is 0 Å². The highest BCUT2D eigenvalue weighted by atomic mass is 16.5. The number of benzene rings is 1. The van der Waals surface area contributed by atoms with Gasteiger partial charge in [-0.3, -0.25) is 14.1 Å². The molecule has 2 aliphatic rings. The number of piperidine rings is 1. The Kier molecular flexibility index (Phi) is 4.81. The average molecular weight is 394 g/mol. The van der Waals surface area contributed by atoms with Crippen molar-refractivity contribution in [3.05, 3.63) is 36.2 Å². The molecule has 29 heavy (non-hydrogen) atoms. The van der Waals surface area contributed by atoms with Crippen molar-refractivity contribution in [2.75, 3.05) is 51.7 Å². The van der Waals surface area contributed by atoms with Crippen molar-refractivity contribution in [2.24, 2.45) is 0 Å². The first-order valence-corrected chi connectivity index (χ1v) is 10.3. The van der Waals surface area contributed by atoms with Crippen LogP contribution in [0.5, 0.6) is 0 Å². The highest BCUT2D eigenvalue weighted by Gasteiger charge is 2.26. The number of nitrogen functional groups attached to an aromatic ring is 1. The number of para-hydroxylation sites is 2.